The molecule has 1 saturated heterocycles. The lowest BCUT2D eigenvalue weighted by atomic mass is 9.94. The lowest BCUT2D eigenvalue weighted by Crippen LogP contribution is -2.46. The summed E-state index contributed by atoms with van der Waals surface area (Å²) in [4.78, 5) is 0. The first kappa shape index (κ1) is 12.6. The van der Waals surface area contributed by atoms with E-state index in [2.05, 4.69) is 13.8 Å². The van der Waals surface area contributed by atoms with E-state index in [9.17, 15) is 0 Å². The molecule has 4 fully saturated rings. The van der Waals surface area contributed by atoms with Gasteiger partial charge in [-0.3, -0.25) is 0 Å². The van der Waals surface area contributed by atoms with Crippen LogP contribution in [0.15, 0.2) is 0 Å². The van der Waals surface area contributed by atoms with Crippen LogP contribution in [-0.2, 0) is 14.2 Å². The van der Waals surface area contributed by atoms with Crippen LogP contribution >= 0.6 is 0 Å². The highest BCUT2D eigenvalue weighted by Crippen LogP contribution is 2.53. The molecular weight excluding hydrogens is 240 g/mol. The van der Waals surface area contributed by atoms with Gasteiger partial charge in [-0.25, -0.2) is 0 Å². The zero-order valence-electron chi connectivity index (χ0n) is 12.2. The van der Waals surface area contributed by atoms with Crippen molar-refractivity contribution in [3.63, 3.8) is 0 Å². The molecule has 1 unspecified atom stereocenters. The van der Waals surface area contributed by atoms with Crippen molar-refractivity contribution < 1.29 is 14.2 Å². The standard InChI is InChI=1S/C16H26O3/c1-15(2)9-17-16(18-10-15)7-11-5-14(6-12(11)8-16)19-13-3-4-13/h11-14H,3-10H2,1-2H3/t11-,12+,14?. The predicted octanol–water partition coefficient (Wildman–Crippen LogP) is 3.12. The SMILES string of the molecule is CC1(C)COC2(C[C@H]3CC(OC4CC4)C[C@H]3C2)OC1. The molecule has 0 aromatic heterocycles. The van der Waals surface area contributed by atoms with Crippen molar-refractivity contribution in [3.8, 4) is 0 Å². The predicted molar refractivity (Wildman–Crippen MR) is 71.8 cm³/mol. The van der Waals surface area contributed by atoms with Gasteiger partial charge >= 0.3 is 0 Å². The fraction of sp³-hybridized carbons (Fsp3) is 1.00. The summed E-state index contributed by atoms with van der Waals surface area (Å²) in [5.41, 5.74) is 0.181. The first-order valence-corrected chi connectivity index (χ1v) is 7.97. The van der Waals surface area contributed by atoms with Crippen LogP contribution < -0.4 is 0 Å². The summed E-state index contributed by atoms with van der Waals surface area (Å²) in [5, 5.41) is 0. The van der Waals surface area contributed by atoms with Gasteiger partial charge in [0, 0.05) is 18.3 Å². The lowest BCUT2D eigenvalue weighted by molar-refractivity contribution is -0.297. The van der Waals surface area contributed by atoms with Gasteiger partial charge in [0.15, 0.2) is 5.79 Å². The van der Waals surface area contributed by atoms with E-state index >= 15 is 0 Å². The van der Waals surface area contributed by atoms with Crippen molar-refractivity contribution in [3.05, 3.63) is 0 Å². The first-order chi connectivity index (χ1) is 9.04. The molecule has 4 aliphatic rings. The molecule has 19 heavy (non-hydrogen) atoms. The van der Waals surface area contributed by atoms with Crippen LogP contribution in [0.1, 0.15) is 52.4 Å². The molecule has 3 saturated carbocycles. The van der Waals surface area contributed by atoms with Gasteiger partial charge in [-0.05, 0) is 37.5 Å². The molecule has 0 amide bonds. The third-order valence-corrected chi connectivity index (χ3v) is 5.31. The molecule has 3 nitrogen and oxygen atoms in total. The Labute approximate surface area is 116 Å². The molecule has 0 bridgehead atoms. The van der Waals surface area contributed by atoms with Crippen molar-refractivity contribution in [1.82, 2.24) is 0 Å². The maximum Gasteiger partial charge on any atom is 0.168 e. The van der Waals surface area contributed by atoms with E-state index in [0.717, 1.165) is 37.9 Å². The summed E-state index contributed by atoms with van der Waals surface area (Å²) in [6, 6.07) is 0. The molecule has 0 aromatic rings. The molecule has 1 spiro atoms. The van der Waals surface area contributed by atoms with Gasteiger partial charge in [0.1, 0.15) is 0 Å². The monoisotopic (exact) mass is 266 g/mol. The van der Waals surface area contributed by atoms with Crippen molar-refractivity contribution in [2.75, 3.05) is 13.2 Å². The highest BCUT2D eigenvalue weighted by atomic mass is 16.7. The topological polar surface area (TPSA) is 27.7 Å². The molecule has 4 rings (SSSR count). The fourth-order valence-electron chi connectivity index (χ4n) is 4.10. The summed E-state index contributed by atoms with van der Waals surface area (Å²) < 4.78 is 18.4. The maximum atomic E-state index is 6.14. The van der Waals surface area contributed by atoms with Crippen molar-refractivity contribution in [1.29, 1.82) is 0 Å². The van der Waals surface area contributed by atoms with Crippen molar-refractivity contribution in [2.24, 2.45) is 17.3 Å². The Hall–Kier alpha value is -0.120. The lowest BCUT2D eigenvalue weighted by Gasteiger charge is -2.42. The van der Waals surface area contributed by atoms with E-state index in [4.69, 9.17) is 14.2 Å². The molecule has 0 N–H and O–H groups in total. The first-order valence-electron chi connectivity index (χ1n) is 7.97. The number of hydrogen-bond donors (Lipinski definition) is 0. The molecule has 1 heterocycles. The molecule has 3 heteroatoms. The Balaban J connectivity index is 1.35. The van der Waals surface area contributed by atoms with E-state index in [-0.39, 0.29) is 11.2 Å². The molecule has 0 radical (unpaired) electrons. The number of hydrogen-bond acceptors (Lipinski definition) is 3. The molecular formula is C16H26O3. The second kappa shape index (κ2) is 4.19. The number of fused-ring (bicyclic) bond motifs is 1. The number of rotatable bonds is 2. The van der Waals surface area contributed by atoms with E-state index in [1.807, 2.05) is 0 Å². The van der Waals surface area contributed by atoms with Crippen molar-refractivity contribution >= 4 is 0 Å². The van der Waals surface area contributed by atoms with E-state index in [0.29, 0.717) is 12.2 Å². The fourth-order valence-corrected chi connectivity index (χ4v) is 4.10. The third kappa shape index (κ3) is 2.45. The minimum atomic E-state index is -0.241. The summed E-state index contributed by atoms with van der Waals surface area (Å²) in [6.07, 6.45) is 8.36. The highest BCUT2D eigenvalue weighted by Gasteiger charge is 2.54. The van der Waals surface area contributed by atoms with Gasteiger partial charge in [-0.15, -0.1) is 0 Å². The Morgan fingerprint density at radius 2 is 1.47 bits per heavy atom. The van der Waals surface area contributed by atoms with Crippen LogP contribution in [-0.4, -0.2) is 31.2 Å². The van der Waals surface area contributed by atoms with E-state index in [1.54, 1.807) is 0 Å². The van der Waals surface area contributed by atoms with E-state index in [1.165, 1.54) is 25.7 Å². The van der Waals surface area contributed by atoms with Crippen LogP contribution in [0.2, 0.25) is 0 Å². The molecule has 3 aliphatic carbocycles. The number of ether oxygens (including phenoxy) is 3. The minimum absolute atomic E-state index is 0.181. The third-order valence-electron chi connectivity index (χ3n) is 5.31. The molecule has 108 valence electrons. The Morgan fingerprint density at radius 1 is 0.895 bits per heavy atom. The second-order valence-electron chi connectivity index (χ2n) is 8.01. The Kier molecular flexibility index (Phi) is 2.78. The van der Waals surface area contributed by atoms with Crippen LogP contribution in [0.3, 0.4) is 0 Å². The van der Waals surface area contributed by atoms with Crippen LogP contribution in [0, 0.1) is 17.3 Å². The molecule has 3 atom stereocenters. The Morgan fingerprint density at radius 3 is 2.00 bits per heavy atom. The molecule has 1 aliphatic heterocycles. The van der Waals surface area contributed by atoms with Gasteiger partial charge in [-0.1, -0.05) is 13.8 Å². The maximum absolute atomic E-state index is 6.14. The van der Waals surface area contributed by atoms with Gasteiger partial charge < -0.3 is 14.2 Å². The smallest absolute Gasteiger partial charge is 0.168 e. The molecule has 0 aromatic carbocycles. The zero-order valence-corrected chi connectivity index (χ0v) is 12.2. The van der Waals surface area contributed by atoms with Gasteiger partial charge in [0.25, 0.3) is 0 Å². The second-order valence-corrected chi connectivity index (χ2v) is 8.01. The van der Waals surface area contributed by atoms with Crippen molar-refractivity contribution in [2.45, 2.75) is 70.4 Å². The van der Waals surface area contributed by atoms with Crippen LogP contribution in [0.5, 0.6) is 0 Å². The van der Waals surface area contributed by atoms with Crippen LogP contribution in [0.4, 0.5) is 0 Å². The summed E-state index contributed by atoms with van der Waals surface area (Å²) in [7, 11) is 0. The highest BCUT2D eigenvalue weighted by molar-refractivity contribution is 4.99. The zero-order chi connectivity index (χ0) is 13.1. The summed E-state index contributed by atoms with van der Waals surface area (Å²) >= 11 is 0. The summed E-state index contributed by atoms with van der Waals surface area (Å²) in [5.74, 6) is 1.30. The van der Waals surface area contributed by atoms with Gasteiger partial charge in [-0.2, -0.15) is 0 Å². The van der Waals surface area contributed by atoms with Gasteiger partial charge in [0.05, 0.1) is 25.4 Å². The summed E-state index contributed by atoms with van der Waals surface area (Å²) in [6.45, 7) is 6.12. The Bertz CT molecular complexity index is 335. The minimum Gasteiger partial charge on any atom is -0.375 e. The van der Waals surface area contributed by atoms with E-state index < -0.39 is 0 Å². The van der Waals surface area contributed by atoms with Crippen LogP contribution in [0.25, 0.3) is 0 Å². The average Bonchev–Trinajstić information content (AvgIpc) is 2.98. The normalized spacial score (nSPS) is 43.6. The largest absolute Gasteiger partial charge is 0.375 e. The quantitative estimate of drug-likeness (QED) is 0.768. The average molecular weight is 266 g/mol. The van der Waals surface area contributed by atoms with Gasteiger partial charge in [0.2, 0.25) is 0 Å².